The van der Waals surface area contributed by atoms with E-state index in [-0.39, 0.29) is 68.1 Å². The summed E-state index contributed by atoms with van der Waals surface area (Å²) in [6, 6.07) is 9.18. The molecule has 0 unspecified atom stereocenters. The molecule has 6 rings (SSSR count). The van der Waals surface area contributed by atoms with Gasteiger partial charge in [0.05, 0.1) is 21.0 Å². The zero-order chi connectivity index (χ0) is 32.2. The lowest BCUT2D eigenvalue weighted by Gasteiger charge is -2.40. The Balaban J connectivity index is 1.67. The van der Waals surface area contributed by atoms with Gasteiger partial charge in [-0.15, -0.1) is 0 Å². The molecule has 45 heavy (non-hydrogen) atoms. The maximum Gasteiger partial charge on any atom is 0.355 e. The maximum atomic E-state index is 16.0. The fraction of sp³-hybridized carbons (Fsp3) is 0.312. The van der Waals surface area contributed by atoms with Gasteiger partial charge >= 0.3 is 5.69 Å². The summed E-state index contributed by atoms with van der Waals surface area (Å²) < 4.78 is 57.3. The lowest BCUT2D eigenvalue weighted by Crippen LogP contribution is -2.54. The highest BCUT2D eigenvalue weighted by molar-refractivity contribution is 7.90. The number of anilines is 1. The van der Waals surface area contributed by atoms with E-state index in [1.807, 2.05) is 11.8 Å². The molecule has 234 valence electrons. The molecule has 0 spiro atoms. The summed E-state index contributed by atoms with van der Waals surface area (Å²) >= 11 is 6.32. The van der Waals surface area contributed by atoms with Gasteiger partial charge in [-0.3, -0.25) is 4.79 Å². The van der Waals surface area contributed by atoms with E-state index < -0.39 is 27.2 Å². The largest absolute Gasteiger partial charge is 0.355 e. The molecule has 0 radical (unpaired) electrons. The molecule has 0 bridgehead atoms. The number of hydrogen-bond donors (Lipinski definition) is 0. The van der Waals surface area contributed by atoms with Crippen molar-refractivity contribution in [3.8, 4) is 16.9 Å². The standard InChI is InChI=1S/C32H30ClF2N5O4S/c1-4-27(41)38-13-14-39(18(2)17-38)30-23-16-25(35)28(22-12-11-20(34)15-24(22)33)36-31(23)40(32(42)37-30)29-21(19-7-5-8-19)9-6-10-26(29)45(3,43)44/h4,6,9-12,15-16,18-19H,1,5,7-8,13-14,17H2,2-3H3/t18-/m0/s1. The summed E-state index contributed by atoms with van der Waals surface area (Å²) in [4.78, 5) is 38.8. The number of halogens is 3. The van der Waals surface area contributed by atoms with Crippen LogP contribution in [0.25, 0.3) is 28.0 Å². The van der Waals surface area contributed by atoms with Crippen molar-refractivity contribution in [1.82, 2.24) is 19.4 Å². The highest BCUT2D eigenvalue weighted by Crippen LogP contribution is 2.42. The Morgan fingerprint density at radius 2 is 1.87 bits per heavy atom. The molecule has 2 aromatic heterocycles. The molecule has 2 aromatic carbocycles. The third kappa shape index (κ3) is 5.50. The smallest absolute Gasteiger partial charge is 0.350 e. The van der Waals surface area contributed by atoms with Crippen LogP contribution in [0.1, 0.15) is 37.7 Å². The van der Waals surface area contributed by atoms with E-state index in [1.165, 1.54) is 24.3 Å². The van der Waals surface area contributed by atoms with Gasteiger partial charge in [-0.05, 0) is 67.7 Å². The predicted molar refractivity (Wildman–Crippen MR) is 169 cm³/mol. The summed E-state index contributed by atoms with van der Waals surface area (Å²) in [7, 11) is -3.85. The van der Waals surface area contributed by atoms with Gasteiger partial charge in [0, 0.05) is 37.5 Å². The van der Waals surface area contributed by atoms with Gasteiger partial charge in [-0.2, -0.15) is 4.98 Å². The summed E-state index contributed by atoms with van der Waals surface area (Å²) in [5, 5.41) is 0.0690. The number of pyridine rings is 1. The number of aromatic nitrogens is 3. The predicted octanol–water partition coefficient (Wildman–Crippen LogP) is 5.27. The lowest BCUT2D eigenvalue weighted by molar-refractivity contribution is -0.126. The van der Waals surface area contributed by atoms with Crippen LogP contribution in [0.2, 0.25) is 5.02 Å². The van der Waals surface area contributed by atoms with Crippen molar-refractivity contribution >= 4 is 44.2 Å². The van der Waals surface area contributed by atoms with Gasteiger partial charge in [-0.25, -0.2) is 31.5 Å². The Bertz CT molecular complexity index is 2050. The Morgan fingerprint density at radius 3 is 2.49 bits per heavy atom. The molecule has 4 aromatic rings. The van der Waals surface area contributed by atoms with E-state index in [4.69, 9.17) is 11.6 Å². The molecule has 0 N–H and O–H groups in total. The van der Waals surface area contributed by atoms with E-state index in [2.05, 4.69) is 16.5 Å². The number of piperazine rings is 1. The SMILES string of the molecule is C=CC(=O)N1CCN(c2nc(=O)n(-c3c(C4CCC4)cccc3S(C)(=O)=O)c3nc(-c4ccc(F)cc4Cl)c(F)cc23)[C@@H](C)C1. The van der Waals surface area contributed by atoms with Crippen LogP contribution in [0.5, 0.6) is 0 Å². The monoisotopic (exact) mass is 653 g/mol. The highest BCUT2D eigenvalue weighted by atomic mass is 35.5. The van der Waals surface area contributed by atoms with Gasteiger partial charge < -0.3 is 9.80 Å². The number of carbonyl (C=O) groups is 1. The van der Waals surface area contributed by atoms with E-state index >= 15 is 4.39 Å². The summed E-state index contributed by atoms with van der Waals surface area (Å²) in [5.41, 5.74) is -0.205. The minimum Gasteiger partial charge on any atom is -0.350 e. The number of benzene rings is 2. The first-order valence-corrected chi connectivity index (χ1v) is 16.8. The second-order valence-electron chi connectivity index (χ2n) is 11.5. The number of carbonyl (C=O) groups excluding carboxylic acids is 1. The number of rotatable bonds is 6. The molecular formula is C32H30ClF2N5O4S. The fourth-order valence-corrected chi connectivity index (χ4v) is 7.27. The van der Waals surface area contributed by atoms with Gasteiger partial charge in [0.1, 0.15) is 23.1 Å². The number of nitrogens with zero attached hydrogens (tertiary/aromatic N) is 5. The molecule has 9 nitrogen and oxygen atoms in total. The van der Waals surface area contributed by atoms with Crippen LogP contribution in [0.4, 0.5) is 14.6 Å². The molecule has 1 saturated heterocycles. The van der Waals surface area contributed by atoms with E-state index in [9.17, 15) is 22.4 Å². The average molecular weight is 654 g/mol. The summed E-state index contributed by atoms with van der Waals surface area (Å²) in [6.07, 6.45) is 4.87. The number of fused-ring (bicyclic) bond motifs is 1. The van der Waals surface area contributed by atoms with Crippen LogP contribution in [-0.2, 0) is 14.6 Å². The third-order valence-electron chi connectivity index (χ3n) is 8.57. The molecular weight excluding hydrogens is 624 g/mol. The molecule has 1 amide bonds. The lowest BCUT2D eigenvalue weighted by atomic mass is 9.79. The topological polar surface area (TPSA) is 105 Å². The van der Waals surface area contributed by atoms with Gasteiger partial charge in [0.25, 0.3) is 0 Å². The van der Waals surface area contributed by atoms with Crippen molar-refractivity contribution in [1.29, 1.82) is 0 Å². The molecule has 1 aliphatic heterocycles. The molecule has 2 fully saturated rings. The molecule has 2 aliphatic rings. The van der Waals surface area contributed by atoms with E-state index in [1.54, 1.807) is 17.0 Å². The van der Waals surface area contributed by atoms with E-state index in [0.717, 1.165) is 42.2 Å². The fourth-order valence-electron chi connectivity index (χ4n) is 6.12. The third-order valence-corrected chi connectivity index (χ3v) is 10.0. The maximum absolute atomic E-state index is 16.0. The number of hydrogen-bond acceptors (Lipinski definition) is 7. The van der Waals surface area contributed by atoms with Crippen molar-refractivity contribution in [2.75, 3.05) is 30.8 Å². The van der Waals surface area contributed by atoms with Gasteiger partial charge in [0.2, 0.25) is 5.91 Å². The van der Waals surface area contributed by atoms with Gasteiger partial charge in [-0.1, -0.05) is 36.7 Å². The second-order valence-corrected chi connectivity index (χ2v) is 13.9. The van der Waals surface area contributed by atoms with Crippen molar-refractivity contribution < 1.29 is 22.0 Å². The quantitative estimate of drug-likeness (QED) is 0.261. The molecule has 1 atom stereocenters. The van der Waals surface area contributed by atoms with Crippen molar-refractivity contribution in [2.45, 2.75) is 43.0 Å². The molecule has 1 aliphatic carbocycles. The zero-order valence-corrected chi connectivity index (χ0v) is 26.2. The second kappa shape index (κ2) is 11.6. The molecule has 1 saturated carbocycles. The highest BCUT2D eigenvalue weighted by Gasteiger charge is 2.33. The first-order chi connectivity index (χ1) is 21.4. The van der Waals surface area contributed by atoms with Crippen LogP contribution >= 0.6 is 11.6 Å². The molecule has 13 heteroatoms. The van der Waals surface area contributed by atoms with Crippen LogP contribution in [-0.4, -0.2) is 65.7 Å². The first kappa shape index (κ1) is 30.8. The zero-order valence-electron chi connectivity index (χ0n) is 24.6. The number of amides is 1. The summed E-state index contributed by atoms with van der Waals surface area (Å²) in [5.74, 6) is -1.50. The minimum atomic E-state index is -3.85. The minimum absolute atomic E-state index is 0.00489. The normalized spacial score (nSPS) is 17.4. The van der Waals surface area contributed by atoms with Gasteiger partial charge in [0.15, 0.2) is 15.5 Å². The van der Waals surface area contributed by atoms with Crippen molar-refractivity contribution in [3.63, 3.8) is 0 Å². The Hall–Kier alpha value is -4.16. The van der Waals surface area contributed by atoms with Crippen LogP contribution in [0, 0.1) is 11.6 Å². The average Bonchev–Trinajstić information content (AvgIpc) is 2.95. The Morgan fingerprint density at radius 1 is 1.11 bits per heavy atom. The first-order valence-electron chi connectivity index (χ1n) is 14.5. The van der Waals surface area contributed by atoms with Crippen molar-refractivity contribution in [3.05, 3.63) is 87.8 Å². The molecule has 3 heterocycles. The number of para-hydroxylation sites is 1. The number of sulfone groups is 1. The Kier molecular flexibility index (Phi) is 7.98. The van der Waals surface area contributed by atoms with Crippen LogP contribution in [0.3, 0.4) is 0 Å². The van der Waals surface area contributed by atoms with Crippen LogP contribution < -0.4 is 10.6 Å². The Labute approximate surface area is 263 Å². The summed E-state index contributed by atoms with van der Waals surface area (Å²) in [6.45, 7) is 6.30. The van der Waals surface area contributed by atoms with E-state index in [0.29, 0.717) is 18.7 Å². The van der Waals surface area contributed by atoms with Crippen molar-refractivity contribution in [2.24, 2.45) is 0 Å². The van der Waals surface area contributed by atoms with Crippen LogP contribution in [0.15, 0.2) is 64.8 Å².